The van der Waals surface area contributed by atoms with E-state index in [1.54, 1.807) is 0 Å². The number of nitrogens with zero attached hydrogens (tertiary/aromatic N) is 1. The van der Waals surface area contributed by atoms with Crippen LogP contribution in [-0.4, -0.2) is 11.3 Å². The molecule has 0 fully saturated rings. The molecule has 11 heteroatoms. The van der Waals surface area contributed by atoms with Crippen molar-refractivity contribution in [2.75, 3.05) is 0 Å². The number of nitro groups is 1. The molecular weight excluding hydrogens is 308 g/mol. The topological polar surface area (TPSA) is 52.4 Å². The monoisotopic (exact) mass is 309 g/mol. The first-order valence-corrected chi connectivity index (χ1v) is 4.60. The predicted molar refractivity (Wildman–Crippen MR) is 49.8 cm³/mol. The first kappa shape index (κ1) is 15.3. The predicted octanol–water partition coefficient (Wildman–Crippen LogP) is 4.17. The Bertz CT molecular complexity index is 512. The molecule has 1 aromatic rings. The van der Waals surface area contributed by atoms with Crippen molar-refractivity contribution < 1.29 is 36.0 Å². The highest BCUT2D eigenvalue weighted by Crippen LogP contribution is 2.43. The van der Waals surface area contributed by atoms with E-state index < -0.39 is 39.5 Å². The quantitative estimate of drug-likeness (QED) is 0.468. The highest BCUT2D eigenvalue weighted by molar-refractivity contribution is 6.32. The number of hydrogen-bond acceptors (Lipinski definition) is 3. The molecule has 0 saturated carbocycles. The van der Waals surface area contributed by atoms with Crippen molar-refractivity contribution in [3.8, 4) is 5.75 Å². The molecule has 0 radical (unpaired) electrons. The number of nitro benzene ring substituents is 1. The van der Waals surface area contributed by atoms with Gasteiger partial charge in [0.2, 0.25) is 0 Å². The average Bonchev–Trinajstić information content (AvgIpc) is 2.15. The molecule has 0 amide bonds. The van der Waals surface area contributed by atoms with Crippen molar-refractivity contribution in [1.29, 1.82) is 0 Å². The maximum absolute atomic E-state index is 12.5. The van der Waals surface area contributed by atoms with Crippen molar-refractivity contribution in [3.05, 3.63) is 32.8 Å². The molecule has 0 spiro atoms. The molecule has 0 N–H and O–H groups in total. The maximum Gasteiger partial charge on any atom is 0.573 e. The number of alkyl halides is 6. The maximum atomic E-state index is 12.5. The van der Waals surface area contributed by atoms with Crippen LogP contribution in [-0.2, 0) is 6.18 Å². The Morgan fingerprint density at radius 1 is 1.16 bits per heavy atom. The van der Waals surface area contributed by atoms with Crippen LogP contribution in [0.25, 0.3) is 0 Å². The molecule has 0 aliphatic rings. The standard InChI is InChI=1S/C8H2ClF6NO3/c9-4-1-3(7(10,11)12)6(19-8(13,14)15)2-5(4)16(17)18/h1-2H. The fourth-order valence-corrected chi connectivity index (χ4v) is 1.35. The molecule has 1 rings (SSSR count). The molecule has 4 nitrogen and oxygen atoms in total. The molecule has 1 aromatic carbocycles. The Labute approximate surface area is 105 Å². The van der Waals surface area contributed by atoms with Gasteiger partial charge in [0.1, 0.15) is 10.8 Å². The van der Waals surface area contributed by atoms with Crippen LogP contribution in [0.4, 0.5) is 32.0 Å². The molecule has 0 heterocycles. The van der Waals surface area contributed by atoms with Gasteiger partial charge in [0.25, 0.3) is 5.69 Å². The van der Waals surface area contributed by atoms with Crippen LogP contribution >= 0.6 is 11.6 Å². The van der Waals surface area contributed by atoms with Crippen LogP contribution in [0.5, 0.6) is 5.75 Å². The fraction of sp³-hybridized carbons (Fsp3) is 0.250. The van der Waals surface area contributed by atoms with Gasteiger partial charge in [0.15, 0.2) is 0 Å². The Hall–Kier alpha value is -1.71. The van der Waals surface area contributed by atoms with Crippen molar-refractivity contribution in [1.82, 2.24) is 0 Å². The summed E-state index contributed by atoms with van der Waals surface area (Å²) in [7, 11) is 0. The first-order valence-electron chi connectivity index (χ1n) is 4.22. The molecular formula is C8H2ClF6NO3. The third-order valence-corrected chi connectivity index (χ3v) is 2.08. The molecule has 0 unspecified atom stereocenters. The van der Waals surface area contributed by atoms with Gasteiger partial charge in [0, 0.05) is 0 Å². The SMILES string of the molecule is O=[N+]([O-])c1cc(OC(F)(F)F)c(C(F)(F)F)cc1Cl. The van der Waals surface area contributed by atoms with Gasteiger partial charge in [-0.1, -0.05) is 11.6 Å². The summed E-state index contributed by atoms with van der Waals surface area (Å²) >= 11 is 5.20. The van der Waals surface area contributed by atoms with E-state index in [1.165, 1.54) is 0 Å². The van der Waals surface area contributed by atoms with Crippen LogP contribution in [0, 0.1) is 10.1 Å². The Morgan fingerprint density at radius 2 is 1.68 bits per heavy atom. The van der Waals surface area contributed by atoms with E-state index in [0.717, 1.165) is 0 Å². The minimum atomic E-state index is -5.43. The van der Waals surface area contributed by atoms with Gasteiger partial charge in [-0.05, 0) is 6.07 Å². The third kappa shape index (κ3) is 3.88. The number of benzene rings is 1. The highest BCUT2D eigenvalue weighted by Gasteiger charge is 2.41. The van der Waals surface area contributed by atoms with Gasteiger partial charge in [-0.2, -0.15) is 13.2 Å². The molecule has 0 aliphatic heterocycles. The number of hydrogen-bond donors (Lipinski definition) is 0. The summed E-state index contributed by atoms with van der Waals surface area (Å²) in [6, 6.07) is -0.0284. The Balaban J connectivity index is 3.46. The van der Waals surface area contributed by atoms with E-state index in [4.69, 9.17) is 11.6 Å². The van der Waals surface area contributed by atoms with E-state index in [2.05, 4.69) is 4.74 Å². The Morgan fingerprint density at radius 3 is 2.05 bits per heavy atom. The van der Waals surface area contributed by atoms with Crippen molar-refractivity contribution in [2.24, 2.45) is 0 Å². The summed E-state index contributed by atoms with van der Waals surface area (Å²) in [5.74, 6) is -1.74. The zero-order valence-electron chi connectivity index (χ0n) is 8.47. The van der Waals surface area contributed by atoms with E-state index in [9.17, 15) is 36.5 Å². The summed E-state index contributed by atoms with van der Waals surface area (Å²) in [4.78, 5) is 9.17. The number of ether oxygens (including phenoxy) is 1. The summed E-state index contributed by atoms with van der Waals surface area (Å²) in [6.07, 6.45) is -10.6. The van der Waals surface area contributed by atoms with Crippen molar-refractivity contribution >= 4 is 17.3 Å². The third-order valence-electron chi connectivity index (χ3n) is 1.78. The van der Waals surface area contributed by atoms with Gasteiger partial charge < -0.3 is 4.74 Å². The lowest BCUT2D eigenvalue weighted by Gasteiger charge is -2.15. The normalized spacial score (nSPS) is 12.4. The van der Waals surface area contributed by atoms with Gasteiger partial charge in [-0.15, -0.1) is 13.2 Å². The fourth-order valence-electron chi connectivity index (χ4n) is 1.11. The highest BCUT2D eigenvalue weighted by atomic mass is 35.5. The molecule has 0 atom stereocenters. The van der Waals surface area contributed by atoms with Crippen LogP contribution in [0.1, 0.15) is 5.56 Å². The first-order chi connectivity index (χ1) is 8.42. The van der Waals surface area contributed by atoms with Crippen LogP contribution in [0.2, 0.25) is 5.02 Å². The summed E-state index contributed by atoms with van der Waals surface area (Å²) < 4.78 is 76.4. The lowest BCUT2D eigenvalue weighted by molar-refractivity contribution is -0.385. The van der Waals surface area contributed by atoms with Gasteiger partial charge >= 0.3 is 12.5 Å². The zero-order chi connectivity index (χ0) is 15.0. The lowest BCUT2D eigenvalue weighted by Crippen LogP contribution is -2.20. The molecule has 0 aromatic heterocycles. The Kier molecular flexibility index (Phi) is 3.84. The second-order valence-corrected chi connectivity index (χ2v) is 3.51. The molecule has 0 saturated heterocycles. The summed E-state index contributed by atoms with van der Waals surface area (Å²) in [5.41, 5.74) is -2.99. The largest absolute Gasteiger partial charge is 0.573 e. The molecule has 0 bridgehead atoms. The molecule has 0 aliphatic carbocycles. The zero-order valence-corrected chi connectivity index (χ0v) is 9.23. The van der Waals surface area contributed by atoms with Crippen molar-refractivity contribution in [2.45, 2.75) is 12.5 Å². The van der Waals surface area contributed by atoms with E-state index >= 15 is 0 Å². The van der Waals surface area contributed by atoms with Gasteiger partial charge in [-0.3, -0.25) is 10.1 Å². The van der Waals surface area contributed by atoms with Crippen LogP contribution in [0.3, 0.4) is 0 Å². The summed E-state index contributed by atoms with van der Waals surface area (Å²) in [6.45, 7) is 0. The summed E-state index contributed by atoms with van der Waals surface area (Å²) in [5, 5.41) is 9.45. The van der Waals surface area contributed by atoms with E-state index in [1.807, 2.05) is 0 Å². The van der Waals surface area contributed by atoms with Crippen LogP contribution < -0.4 is 4.74 Å². The van der Waals surface area contributed by atoms with Gasteiger partial charge in [0.05, 0.1) is 16.6 Å². The van der Waals surface area contributed by atoms with E-state index in [0.29, 0.717) is 0 Å². The average molecular weight is 310 g/mol. The minimum absolute atomic E-state index is 0.000756. The van der Waals surface area contributed by atoms with Crippen LogP contribution in [0.15, 0.2) is 12.1 Å². The van der Waals surface area contributed by atoms with E-state index in [-0.39, 0.29) is 12.1 Å². The minimum Gasteiger partial charge on any atom is -0.405 e. The number of halogens is 7. The van der Waals surface area contributed by atoms with Gasteiger partial charge in [-0.25, -0.2) is 0 Å². The smallest absolute Gasteiger partial charge is 0.405 e. The second-order valence-electron chi connectivity index (χ2n) is 3.10. The number of rotatable bonds is 2. The van der Waals surface area contributed by atoms with Crippen molar-refractivity contribution in [3.63, 3.8) is 0 Å². The molecule has 19 heavy (non-hydrogen) atoms. The second kappa shape index (κ2) is 4.76. The molecule has 106 valence electrons. The lowest BCUT2D eigenvalue weighted by atomic mass is 10.1.